The van der Waals surface area contributed by atoms with E-state index in [1.807, 2.05) is 0 Å². The molecule has 0 unspecified atom stereocenters. The SMILES string of the molecule is Clc1cc(Cl)cc(-c2noc(Cl)c2Cl)c1. The molecule has 0 aliphatic carbocycles. The Morgan fingerprint density at radius 2 is 1.53 bits per heavy atom. The number of aromatic nitrogens is 1. The van der Waals surface area contributed by atoms with E-state index >= 15 is 0 Å². The van der Waals surface area contributed by atoms with Gasteiger partial charge in [-0.1, -0.05) is 40.0 Å². The maximum atomic E-state index is 5.87. The van der Waals surface area contributed by atoms with Crippen molar-refractivity contribution >= 4 is 46.4 Å². The van der Waals surface area contributed by atoms with Crippen LogP contribution < -0.4 is 0 Å². The standard InChI is InChI=1S/C9H3Cl4NO/c10-5-1-4(2-6(11)3-5)8-7(12)9(13)15-14-8/h1-3H. The third-order valence-electron chi connectivity index (χ3n) is 1.73. The Labute approximate surface area is 106 Å². The second kappa shape index (κ2) is 4.22. The van der Waals surface area contributed by atoms with Crippen molar-refractivity contribution in [2.75, 3.05) is 0 Å². The number of nitrogens with zero attached hydrogens (tertiary/aromatic N) is 1. The Morgan fingerprint density at radius 1 is 0.933 bits per heavy atom. The van der Waals surface area contributed by atoms with E-state index < -0.39 is 0 Å². The van der Waals surface area contributed by atoms with Gasteiger partial charge in [0.2, 0.25) is 5.22 Å². The average molecular weight is 283 g/mol. The summed E-state index contributed by atoms with van der Waals surface area (Å²) in [6, 6.07) is 4.96. The summed E-state index contributed by atoms with van der Waals surface area (Å²) in [6.45, 7) is 0. The lowest BCUT2D eigenvalue weighted by molar-refractivity contribution is 0.424. The van der Waals surface area contributed by atoms with Crippen LogP contribution in [-0.4, -0.2) is 5.16 Å². The Balaban J connectivity index is 2.58. The van der Waals surface area contributed by atoms with Gasteiger partial charge in [-0.2, -0.15) is 0 Å². The van der Waals surface area contributed by atoms with Gasteiger partial charge in [0, 0.05) is 15.6 Å². The molecule has 0 aliphatic rings. The van der Waals surface area contributed by atoms with Crippen LogP contribution in [0.5, 0.6) is 0 Å². The second-order valence-electron chi connectivity index (χ2n) is 2.78. The van der Waals surface area contributed by atoms with Gasteiger partial charge in [-0.15, -0.1) is 0 Å². The summed E-state index contributed by atoms with van der Waals surface area (Å²) in [6.07, 6.45) is 0. The quantitative estimate of drug-likeness (QED) is 0.739. The molecule has 78 valence electrons. The molecule has 0 fully saturated rings. The van der Waals surface area contributed by atoms with Crippen molar-refractivity contribution in [3.8, 4) is 11.3 Å². The highest BCUT2D eigenvalue weighted by Crippen LogP contribution is 2.35. The zero-order valence-electron chi connectivity index (χ0n) is 7.10. The lowest BCUT2D eigenvalue weighted by Gasteiger charge is -1.98. The van der Waals surface area contributed by atoms with Crippen molar-refractivity contribution in [2.45, 2.75) is 0 Å². The summed E-state index contributed by atoms with van der Waals surface area (Å²) in [5, 5.41) is 4.99. The van der Waals surface area contributed by atoms with Crippen LogP contribution in [0.15, 0.2) is 22.7 Å². The molecule has 0 bridgehead atoms. The zero-order chi connectivity index (χ0) is 11.0. The van der Waals surface area contributed by atoms with Crippen LogP contribution in [-0.2, 0) is 0 Å². The third kappa shape index (κ3) is 2.23. The third-order valence-corrected chi connectivity index (χ3v) is 2.88. The largest absolute Gasteiger partial charge is 0.342 e. The lowest BCUT2D eigenvalue weighted by Crippen LogP contribution is -1.79. The Morgan fingerprint density at radius 3 is 2.00 bits per heavy atom. The molecule has 0 N–H and O–H groups in total. The maximum absolute atomic E-state index is 5.87. The van der Waals surface area contributed by atoms with E-state index in [4.69, 9.17) is 50.9 Å². The molecule has 0 saturated heterocycles. The van der Waals surface area contributed by atoms with Gasteiger partial charge in [0.1, 0.15) is 10.7 Å². The molecular weight excluding hydrogens is 280 g/mol. The molecule has 0 atom stereocenters. The minimum absolute atomic E-state index is 0.0442. The molecule has 1 aromatic carbocycles. The van der Waals surface area contributed by atoms with Crippen molar-refractivity contribution in [3.63, 3.8) is 0 Å². The van der Waals surface area contributed by atoms with Crippen LogP contribution in [0.3, 0.4) is 0 Å². The van der Waals surface area contributed by atoms with Crippen LogP contribution in [0.1, 0.15) is 0 Å². The highest BCUT2D eigenvalue weighted by atomic mass is 35.5. The summed E-state index contributed by atoms with van der Waals surface area (Å²) in [7, 11) is 0. The van der Waals surface area contributed by atoms with E-state index in [0.717, 1.165) is 0 Å². The van der Waals surface area contributed by atoms with Gasteiger partial charge in [0.25, 0.3) is 0 Å². The fraction of sp³-hybridized carbons (Fsp3) is 0. The minimum atomic E-state index is 0.0442. The normalized spacial score (nSPS) is 10.7. The molecule has 2 nitrogen and oxygen atoms in total. The first-order valence-corrected chi connectivity index (χ1v) is 5.36. The predicted molar refractivity (Wildman–Crippen MR) is 62.0 cm³/mol. The van der Waals surface area contributed by atoms with E-state index in [9.17, 15) is 0 Å². The van der Waals surface area contributed by atoms with E-state index in [1.54, 1.807) is 18.2 Å². The van der Waals surface area contributed by atoms with Crippen molar-refractivity contribution < 1.29 is 4.52 Å². The fourth-order valence-electron chi connectivity index (χ4n) is 1.13. The van der Waals surface area contributed by atoms with Gasteiger partial charge in [-0.3, -0.25) is 0 Å². The van der Waals surface area contributed by atoms with Gasteiger partial charge in [0.05, 0.1) is 0 Å². The number of halogens is 4. The fourth-order valence-corrected chi connectivity index (χ4v) is 1.96. The monoisotopic (exact) mass is 281 g/mol. The summed E-state index contributed by atoms with van der Waals surface area (Å²) >= 11 is 23.2. The zero-order valence-corrected chi connectivity index (χ0v) is 10.1. The Bertz CT molecular complexity index is 489. The summed E-state index contributed by atoms with van der Waals surface area (Å²) in [4.78, 5) is 0. The van der Waals surface area contributed by atoms with Gasteiger partial charge < -0.3 is 4.52 Å². The van der Waals surface area contributed by atoms with Gasteiger partial charge in [-0.05, 0) is 29.8 Å². The molecule has 6 heteroatoms. The molecule has 1 heterocycles. The first-order chi connectivity index (χ1) is 7.08. The molecule has 0 saturated carbocycles. The van der Waals surface area contributed by atoms with Crippen molar-refractivity contribution in [3.05, 3.63) is 38.5 Å². The average Bonchev–Trinajstić information content (AvgIpc) is 2.46. The summed E-state index contributed by atoms with van der Waals surface area (Å²) in [5.41, 5.74) is 1.08. The second-order valence-corrected chi connectivity index (χ2v) is 4.37. The molecular formula is C9H3Cl4NO. The van der Waals surface area contributed by atoms with Crippen LogP contribution >= 0.6 is 46.4 Å². The molecule has 15 heavy (non-hydrogen) atoms. The van der Waals surface area contributed by atoms with Crippen LogP contribution in [0, 0.1) is 0 Å². The van der Waals surface area contributed by atoms with Gasteiger partial charge >= 0.3 is 0 Å². The highest BCUT2D eigenvalue weighted by molar-refractivity contribution is 6.42. The van der Waals surface area contributed by atoms with Crippen LogP contribution in [0.4, 0.5) is 0 Å². The molecule has 1 aromatic heterocycles. The predicted octanol–water partition coefficient (Wildman–Crippen LogP) is 4.96. The van der Waals surface area contributed by atoms with E-state index in [0.29, 0.717) is 21.3 Å². The number of rotatable bonds is 1. The highest BCUT2D eigenvalue weighted by Gasteiger charge is 2.14. The molecule has 0 spiro atoms. The number of hydrogen-bond acceptors (Lipinski definition) is 2. The molecule has 2 aromatic rings. The van der Waals surface area contributed by atoms with E-state index in [-0.39, 0.29) is 10.2 Å². The summed E-state index contributed by atoms with van der Waals surface area (Å²) in [5.74, 6) is 0. The topological polar surface area (TPSA) is 26.0 Å². The minimum Gasteiger partial charge on any atom is -0.342 e. The summed E-state index contributed by atoms with van der Waals surface area (Å²) < 4.78 is 4.73. The molecule has 0 radical (unpaired) electrons. The van der Waals surface area contributed by atoms with Crippen molar-refractivity contribution in [1.29, 1.82) is 0 Å². The molecule has 0 amide bonds. The molecule has 0 aliphatic heterocycles. The van der Waals surface area contributed by atoms with E-state index in [1.165, 1.54) is 0 Å². The van der Waals surface area contributed by atoms with Crippen LogP contribution in [0.2, 0.25) is 20.3 Å². The number of hydrogen-bond donors (Lipinski definition) is 0. The Hall–Kier alpha value is -0.410. The molecule has 2 rings (SSSR count). The van der Waals surface area contributed by atoms with E-state index in [2.05, 4.69) is 5.16 Å². The first kappa shape index (κ1) is 11.1. The van der Waals surface area contributed by atoms with Crippen molar-refractivity contribution in [2.24, 2.45) is 0 Å². The Kier molecular flexibility index (Phi) is 3.12. The number of benzene rings is 1. The first-order valence-electron chi connectivity index (χ1n) is 3.85. The van der Waals surface area contributed by atoms with Gasteiger partial charge in [-0.25, -0.2) is 0 Å². The van der Waals surface area contributed by atoms with Gasteiger partial charge in [0.15, 0.2) is 0 Å². The maximum Gasteiger partial charge on any atom is 0.245 e. The smallest absolute Gasteiger partial charge is 0.245 e. The van der Waals surface area contributed by atoms with Crippen LogP contribution in [0.25, 0.3) is 11.3 Å². The lowest BCUT2D eigenvalue weighted by atomic mass is 10.1. The van der Waals surface area contributed by atoms with Crippen molar-refractivity contribution in [1.82, 2.24) is 5.16 Å².